The first-order valence-electron chi connectivity index (χ1n) is 8.55. The molecule has 0 aliphatic carbocycles. The van der Waals surface area contributed by atoms with E-state index in [2.05, 4.69) is 26.0 Å². The average molecular weight is 429 g/mol. The lowest BCUT2D eigenvalue weighted by Gasteiger charge is -2.14. The molecule has 0 radical (unpaired) electrons. The van der Waals surface area contributed by atoms with E-state index in [1.807, 2.05) is 56.3 Å². The number of ether oxygens (including phenoxy) is 1. The molecule has 0 spiro atoms. The number of hydrogen-bond donors (Lipinski definition) is 0. The van der Waals surface area contributed by atoms with Gasteiger partial charge in [-0.2, -0.15) is 9.78 Å². The van der Waals surface area contributed by atoms with Crippen molar-refractivity contribution in [2.24, 2.45) is 5.10 Å². The summed E-state index contributed by atoms with van der Waals surface area (Å²) in [4.78, 5) is 19.5. The third-order valence-electron chi connectivity index (χ3n) is 4.24. The van der Waals surface area contributed by atoms with Gasteiger partial charge in [-0.3, -0.25) is 4.79 Å². The van der Waals surface area contributed by atoms with Gasteiger partial charge in [0.1, 0.15) is 11.6 Å². The van der Waals surface area contributed by atoms with Gasteiger partial charge in [0.2, 0.25) is 0 Å². The molecule has 140 valence electrons. The van der Waals surface area contributed by atoms with Crippen LogP contribution in [0, 0.1) is 0 Å². The third-order valence-corrected chi connectivity index (χ3v) is 4.73. The van der Waals surface area contributed by atoms with Crippen molar-refractivity contribution in [3.8, 4) is 5.75 Å². The highest BCUT2D eigenvalue weighted by Gasteiger charge is 2.10. The standard InChI is InChI=1S/C20H21BrN4O2/c1-5-19-23-17-9-7-14(21)10-16(17)20(26)25(19)22-12-13-6-8-15(24(2)3)11-18(13)27-4/h6-12H,5H2,1-4H3. The van der Waals surface area contributed by atoms with Gasteiger partial charge < -0.3 is 9.64 Å². The highest BCUT2D eigenvalue weighted by molar-refractivity contribution is 9.10. The maximum atomic E-state index is 12.9. The fourth-order valence-electron chi connectivity index (χ4n) is 2.75. The second kappa shape index (κ2) is 7.92. The number of methoxy groups -OCH3 is 1. The molecule has 0 saturated heterocycles. The summed E-state index contributed by atoms with van der Waals surface area (Å²) >= 11 is 3.40. The predicted molar refractivity (Wildman–Crippen MR) is 113 cm³/mol. The molecule has 0 unspecified atom stereocenters. The summed E-state index contributed by atoms with van der Waals surface area (Å²) in [5, 5.41) is 4.94. The molecule has 0 atom stereocenters. The number of rotatable bonds is 5. The number of fused-ring (bicyclic) bond motifs is 1. The van der Waals surface area contributed by atoms with E-state index in [0.29, 0.717) is 28.9 Å². The number of aromatic nitrogens is 2. The van der Waals surface area contributed by atoms with Gasteiger partial charge in [0, 0.05) is 42.3 Å². The Morgan fingerprint density at radius 1 is 1.26 bits per heavy atom. The largest absolute Gasteiger partial charge is 0.496 e. The molecule has 3 rings (SSSR count). The Kier molecular flexibility index (Phi) is 5.60. The summed E-state index contributed by atoms with van der Waals surface area (Å²) < 4.78 is 7.65. The van der Waals surface area contributed by atoms with Gasteiger partial charge in [-0.1, -0.05) is 22.9 Å². The first kappa shape index (κ1) is 19.1. The number of halogens is 1. The molecule has 0 aliphatic rings. The van der Waals surface area contributed by atoms with Gasteiger partial charge in [0.15, 0.2) is 0 Å². The Balaban J connectivity index is 2.11. The van der Waals surface area contributed by atoms with Gasteiger partial charge in [-0.25, -0.2) is 4.98 Å². The number of anilines is 1. The summed E-state index contributed by atoms with van der Waals surface area (Å²) in [7, 11) is 5.55. The summed E-state index contributed by atoms with van der Waals surface area (Å²) in [6.07, 6.45) is 2.22. The minimum absolute atomic E-state index is 0.196. The molecule has 6 nitrogen and oxygen atoms in total. The number of benzene rings is 2. The van der Waals surface area contributed by atoms with Gasteiger partial charge in [-0.15, -0.1) is 0 Å². The number of hydrogen-bond acceptors (Lipinski definition) is 5. The zero-order valence-electron chi connectivity index (χ0n) is 15.7. The van der Waals surface area contributed by atoms with E-state index in [9.17, 15) is 4.79 Å². The molecule has 7 heteroatoms. The fourth-order valence-corrected chi connectivity index (χ4v) is 3.11. The summed E-state index contributed by atoms with van der Waals surface area (Å²) in [5.74, 6) is 1.29. The fraction of sp³-hybridized carbons (Fsp3) is 0.250. The van der Waals surface area contributed by atoms with E-state index in [1.54, 1.807) is 19.4 Å². The van der Waals surface area contributed by atoms with E-state index in [0.717, 1.165) is 15.7 Å². The highest BCUT2D eigenvalue weighted by Crippen LogP contribution is 2.23. The van der Waals surface area contributed by atoms with E-state index >= 15 is 0 Å². The van der Waals surface area contributed by atoms with Crippen molar-refractivity contribution >= 4 is 38.7 Å². The van der Waals surface area contributed by atoms with Crippen LogP contribution < -0.4 is 15.2 Å². The first-order chi connectivity index (χ1) is 12.9. The van der Waals surface area contributed by atoms with E-state index in [-0.39, 0.29) is 5.56 Å². The third kappa shape index (κ3) is 3.88. The van der Waals surface area contributed by atoms with E-state index < -0.39 is 0 Å². The number of aryl methyl sites for hydroxylation is 1. The van der Waals surface area contributed by atoms with Crippen molar-refractivity contribution in [3.63, 3.8) is 0 Å². The van der Waals surface area contributed by atoms with Crippen molar-refractivity contribution in [2.45, 2.75) is 13.3 Å². The molecule has 27 heavy (non-hydrogen) atoms. The van der Waals surface area contributed by atoms with Crippen LogP contribution in [-0.2, 0) is 6.42 Å². The minimum atomic E-state index is -0.196. The number of nitrogens with zero attached hydrogens (tertiary/aromatic N) is 4. The Morgan fingerprint density at radius 2 is 2.04 bits per heavy atom. The second-order valence-corrected chi connectivity index (χ2v) is 7.14. The van der Waals surface area contributed by atoms with Crippen LogP contribution in [0.15, 0.2) is 50.8 Å². The summed E-state index contributed by atoms with van der Waals surface area (Å²) in [5.41, 5.74) is 2.27. The molecule has 0 fully saturated rings. The maximum absolute atomic E-state index is 12.9. The lowest BCUT2D eigenvalue weighted by Crippen LogP contribution is -2.22. The SMILES string of the molecule is CCc1nc2ccc(Br)cc2c(=O)n1N=Cc1ccc(N(C)C)cc1OC. The molecular formula is C20H21BrN4O2. The molecule has 1 aromatic heterocycles. The molecule has 0 saturated carbocycles. The van der Waals surface area contributed by atoms with Crippen LogP contribution in [0.2, 0.25) is 0 Å². The maximum Gasteiger partial charge on any atom is 0.282 e. The molecule has 0 amide bonds. The molecule has 0 bridgehead atoms. The molecule has 1 heterocycles. The van der Waals surface area contributed by atoms with Crippen molar-refractivity contribution < 1.29 is 4.74 Å². The smallest absolute Gasteiger partial charge is 0.282 e. The normalized spacial score (nSPS) is 11.3. The Hall–Kier alpha value is -2.67. The quantitative estimate of drug-likeness (QED) is 0.581. The van der Waals surface area contributed by atoms with Crippen LogP contribution in [0.1, 0.15) is 18.3 Å². The van der Waals surface area contributed by atoms with Gasteiger partial charge in [0.25, 0.3) is 5.56 Å². The van der Waals surface area contributed by atoms with Crippen molar-refractivity contribution in [1.29, 1.82) is 0 Å². The van der Waals surface area contributed by atoms with Gasteiger partial charge in [-0.05, 0) is 30.3 Å². The Morgan fingerprint density at radius 3 is 2.70 bits per heavy atom. The van der Waals surface area contributed by atoms with Crippen molar-refractivity contribution in [2.75, 3.05) is 26.1 Å². The highest BCUT2D eigenvalue weighted by atomic mass is 79.9. The van der Waals surface area contributed by atoms with Crippen LogP contribution >= 0.6 is 15.9 Å². The topological polar surface area (TPSA) is 59.7 Å². The Labute approximate surface area is 166 Å². The lowest BCUT2D eigenvalue weighted by atomic mass is 10.2. The van der Waals surface area contributed by atoms with Crippen LogP contribution in [0.25, 0.3) is 10.9 Å². The van der Waals surface area contributed by atoms with Crippen molar-refractivity contribution in [1.82, 2.24) is 9.66 Å². The first-order valence-corrected chi connectivity index (χ1v) is 9.34. The molecule has 0 aliphatic heterocycles. The molecular weight excluding hydrogens is 408 g/mol. The monoisotopic (exact) mass is 428 g/mol. The van der Waals surface area contributed by atoms with Crippen LogP contribution in [0.3, 0.4) is 0 Å². The zero-order chi connectivity index (χ0) is 19.6. The van der Waals surface area contributed by atoms with Crippen LogP contribution in [-0.4, -0.2) is 37.1 Å². The van der Waals surface area contributed by atoms with E-state index in [1.165, 1.54) is 4.68 Å². The molecule has 2 aromatic carbocycles. The molecule has 3 aromatic rings. The second-order valence-electron chi connectivity index (χ2n) is 6.23. The van der Waals surface area contributed by atoms with E-state index in [4.69, 9.17) is 4.74 Å². The Bertz CT molecular complexity index is 1070. The lowest BCUT2D eigenvalue weighted by molar-refractivity contribution is 0.414. The van der Waals surface area contributed by atoms with Gasteiger partial charge >= 0.3 is 0 Å². The summed E-state index contributed by atoms with van der Waals surface area (Å²) in [6.45, 7) is 1.95. The van der Waals surface area contributed by atoms with Crippen LogP contribution in [0.5, 0.6) is 5.75 Å². The predicted octanol–water partition coefficient (Wildman–Crippen LogP) is 3.68. The van der Waals surface area contributed by atoms with Crippen LogP contribution in [0.4, 0.5) is 5.69 Å². The average Bonchev–Trinajstić information content (AvgIpc) is 2.67. The van der Waals surface area contributed by atoms with Crippen molar-refractivity contribution in [3.05, 3.63) is 62.6 Å². The minimum Gasteiger partial charge on any atom is -0.496 e. The van der Waals surface area contributed by atoms with Gasteiger partial charge in [0.05, 0.1) is 24.2 Å². The molecule has 0 N–H and O–H groups in total. The summed E-state index contributed by atoms with van der Waals surface area (Å²) in [6, 6.07) is 11.3. The zero-order valence-corrected chi connectivity index (χ0v) is 17.3.